The number of esters is 1. The number of methoxy groups -OCH3 is 8. The number of hydrogen-bond donors (Lipinski definition) is 6. The molecule has 6 N–H and O–H groups in total. The number of nitrogens with zero attached hydrogens (tertiary/aromatic N) is 8. The van der Waals surface area contributed by atoms with E-state index in [-0.39, 0.29) is 106 Å². The SMILES string of the molecule is COC(=O)[C@@H]1C[C@@H](O)CCN1C(=O)c1cc(OC)c(C)cc1[N+](=O)[O-].COc1cc(C(=O)N2CC[C@H](O)C[C@H]2CO)c([N+](=O)[O-])cc1C.COc1cc(C(=O)N2CC[C@H](O)C[C@H]2CO[Si](C)(C)C(C)(C)C)c([N+](=O)[O-])cc1C.COc1cc(C(=O)O)c([N+](=O)[O-])cc1C.COc1cc(C=O)c([N+](=O)[O-])cc1C.COc1cc(C=O)ccc1C.COc1cc(C=O)ccc1O. The first-order valence-electron chi connectivity index (χ1n) is 39.6. The van der Waals surface area contributed by atoms with Crippen LogP contribution in [0.15, 0.2) is 97.1 Å². The van der Waals surface area contributed by atoms with Crippen LogP contribution in [0.3, 0.4) is 0 Å². The highest BCUT2D eigenvalue weighted by molar-refractivity contribution is 6.74. The molecule has 41 nitrogen and oxygen atoms in total. The molecule has 6 atom stereocenters. The first-order chi connectivity index (χ1) is 60.6. The summed E-state index contributed by atoms with van der Waals surface area (Å²) < 4.78 is 46.2. The Bertz CT molecular complexity index is 5160. The summed E-state index contributed by atoms with van der Waals surface area (Å²) in [5, 5.41) is 112. The Kier molecular flexibility index (Phi) is 41.3. The smallest absolute Gasteiger partial charge is 0.342 e. The fraction of sp³-hybridized carbons (Fsp3) is 0.425. The number of amides is 3. The van der Waals surface area contributed by atoms with Crippen molar-refractivity contribution in [2.24, 2.45) is 0 Å². The van der Waals surface area contributed by atoms with E-state index in [1.54, 1.807) is 58.8 Å². The molecule has 3 fully saturated rings. The van der Waals surface area contributed by atoms with Gasteiger partial charge in [-0.15, -0.1) is 0 Å². The van der Waals surface area contributed by atoms with Crippen molar-refractivity contribution in [3.63, 3.8) is 0 Å². The van der Waals surface area contributed by atoms with Crippen molar-refractivity contribution in [3.05, 3.63) is 220 Å². The van der Waals surface area contributed by atoms with E-state index in [0.717, 1.165) is 23.7 Å². The summed E-state index contributed by atoms with van der Waals surface area (Å²) >= 11 is 0. The van der Waals surface area contributed by atoms with E-state index in [2.05, 4.69) is 33.9 Å². The van der Waals surface area contributed by atoms with Gasteiger partial charge >= 0.3 is 11.9 Å². The Hall–Kier alpha value is -13.7. The zero-order valence-corrected chi connectivity index (χ0v) is 76.0. The maximum absolute atomic E-state index is 13.4. The standard InChI is InChI=1S/C21H34N2O6Si.C16H20N2O7.C15H20N2O6.C9H9NO5.C9H9NO4.C9H10O2.C8H8O3/c1-14-10-18(23(26)27)17(12-19(14)28-5)20(25)22-9-8-16(24)11-15(22)13-29-30(6,7)21(2,3)4;1-9-6-12(18(22)23)11(8-14(9)24-2)15(20)17-5-4-10(19)7-13(17)16(21)25-3;1-9-5-13(17(21)22)12(7-14(9)23-2)15(20)16-4-3-11(19)6-10(16)8-18;1-5-3-7(10(13)14)6(9(11)12)4-8(5)15-2;1-6-3-8(10(12)13)7(5-11)4-9(6)14-2;1-7-3-4-8(6-10)5-9(7)11-2;1-11-8-4-6(5-9)2-3-7(8)10/h10,12,15-16,24H,8-9,11,13H2,1-7H3;6,8,10,13,19H,4-5,7H2,1-3H3;5,7,10-11,18-19H,3-4,6,8H2,1-2H3;3-4H,1-2H3,(H,11,12);3-5H,1-2H3;3-6H,1-2H3;2-5,10H,1H3/t15-,16-;10-,13-;10-,11-;;;;/m000..../s1. The summed E-state index contributed by atoms with van der Waals surface area (Å²) in [4.78, 5) is 149. The minimum absolute atomic E-state index is 0.00355. The minimum atomic E-state index is -2.05. The van der Waals surface area contributed by atoms with Crippen molar-refractivity contribution < 1.29 is 136 Å². The molecule has 10 rings (SSSR count). The van der Waals surface area contributed by atoms with Gasteiger partial charge in [-0.05, 0) is 155 Å². The van der Waals surface area contributed by atoms with Crippen LogP contribution in [-0.4, -0.2) is 253 Å². The number of likely N-dealkylation sites (tertiary alicyclic amines) is 3. The average molecular weight is 1820 g/mol. The lowest BCUT2D eigenvalue weighted by atomic mass is 9.97. The van der Waals surface area contributed by atoms with Gasteiger partial charge in [-0.2, -0.15) is 0 Å². The van der Waals surface area contributed by atoms with E-state index >= 15 is 0 Å². The van der Waals surface area contributed by atoms with E-state index in [9.17, 15) is 109 Å². The molecular weight excluding hydrogens is 1710 g/mol. The third-order valence-electron chi connectivity index (χ3n) is 21.4. The van der Waals surface area contributed by atoms with Gasteiger partial charge in [0, 0.05) is 91.8 Å². The highest BCUT2D eigenvalue weighted by Gasteiger charge is 2.43. The van der Waals surface area contributed by atoms with Crippen LogP contribution in [0.5, 0.6) is 46.0 Å². The molecule has 3 aliphatic heterocycles. The molecule has 0 aliphatic carbocycles. The van der Waals surface area contributed by atoms with Crippen LogP contribution >= 0.6 is 0 Å². The number of phenols is 1. The number of hydrogen-bond acceptors (Lipinski definition) is 32. The Balaban J connectivity index is 0.000000325. The minimum Gasteiger partial charge on any atom is -0.504 e. The molecule has 0 aromatic heterocycles. The van der Waals surface area contributed by atoms with Crippen molar-refractivity contribution >= 4 is 85.3 Å². The number of benzene rings is 7. The lowest BCUT2D eigenvalue weighted by Crippen LogP contribution is -2.52. The van der Waals surface area contributed by atoms with Crippen molar-refractivity contribution in [2.75, 3.05) is 89.7 Å². The monoisotopic (exact) mass is 1820 g/mol. The number of aryl methyl sites for hydroxylation is 6. The normalized spacial score (nSPS) is 16.1. The van der Waals surface area contributed by atoms with Crippen molar-refractivity contribution in [1.82, 2.24) is 14.7 Å². The second kappa shape index (κ2) is 49.4. The molecule has 3 aliphatic rings. The average Bonchev–Trinajstić information content (AvgIpc) is 0.797. The van der Waals surface area contributed by atoms with Crippen LogP contribution in [0.4, 0.5) is 28.4 Å². The van der Waals surface area contributed by atoms with E-state index in [0.29, 0.717) is 118 Å². The van der Waals surface area contributed by atoms with Crippen molar-refractivity contribution in [1.29, 1.82) is 0 Å². The predicted molar refractivity (Wildman–Crippen MR) is 470 cm³/mol. The lowest BCUT2D eigenvalue weighted by Gasteiger charge is -2.42. The van der Waals surface area contributed by atoms with Crippen LogP contribution in [0.2, 0.25) is 18.1 Å². The second-order valence-electron chi connectivity index (χ2n) is 31.0. The van der Waals surface area contributed by atoms with Gasteiger partial charge in [-0.1, -0.05) is 32.9 Å². The molecule has 3 amide bonds. The Labute approximate surface area is 743 Å². The quantitative estimate of drug-likeness (QED) is 0.0108. The number of carbonyl (C=O) groups excluding carboxylic acids is 7. The van der Waals surface area contributed by atoms with Crippen LogP contribution in [0.1, 0.15) is 165 Å². The van der Waals surface area contributed by atoms with Gasteiger partial charge in [0.2, 0.25) is 0 Å². The van der Waals surface area contributed by atoms with Gasteiger partial charge in [-0.3, -0.25) is 79.3 Å². The molecule has 0 saturated carbocycles. The largest absolute Gasteiger partial charge is 0.504 e. The van der Waals surface area contributed by atoms with Gasteiger partial charge < -0.3 is 87.7 Å². The number of aromatic hydroxyl groups is 1. The Morgan fingerprint density at radius 3 is 1.10 bits per heavy atom. The number of aromatic carboxylic acids is 1. The highest BCUT2D eigenvalue weighted by Crippen LogP contribution is 2.40. The number of carboxylic acids is 1. The van der Waals surface area contributed by atoms with Crippen molar-refractivity contribution in [2.45, 2.75) is 155 Å². The molecule has 3 saturated heterocycles. The zero-order chi connectivity index (χ0) is 97.6. The van der Waals surface area contributed by atoms with Crippen LogP contribution in [0.25, 0.3) is 0 Å². The van der Waals surface area contributed by atoms with Crippen LogP contribution in [0, 0.1) is 92.1 Å². The van der Waals surface area contributed by atoms with Gasteiger partial charge in [0.05, 0.1) is 131 Å². The number of nitro benzene ring substituents is 5. The lowest BCUT2D eigenvalue weighted by molar-refractivity contribution is -0.385. The molecule has 7 aromatic rings. The number of aldehydes is 3. The second-order valence-corrected chi connectivity index (χ2v) is 35.8. The van der Waals surface area contributed by atoms with Crippen LogP contribution in [-0.2, 0) is 14.0 Å². The number of nitro groups is 5. The maximum Gasteiger partial charge on any atom is 0.342 e. The fourth-order valence-electron chi connectivity index (χ4n) is 13.2. The molecule has 0 unspecified atom stereocenters. The predicted octanol–water partition coefficient (Wildman–Crippen LogP) is 12.2. The molecule has 7 aromatic carbocycles. The van der Waals surface area contributed by atoms with E-state index in [4.69, 9.17) is 52.5 Å². The molecular formula is C87H110N8O33Si. The van der Waals surface area contributed by atoms with Gasteiger partial charge in [0.25, 0.3) is 46.2 Å². The number of rotatable bonds is 24. The molecule has 129 heavy (non-hydrogen) atoms. The third-order valence-corrected chi connectivity index (χ3v) is 25.9. The summed E-state index contributed by atoms with van der Waals surface area (Å²) in [6, 6.07) is 20.9. The van der Waals surface area contributed by atoms with E-state index in [1.165, 1.54) is 132 Å². The van der Waals surface area contributed by atoms with E-state index < -0.39 is 98.7 Å². The summed E-state index contributed by atoms with van der Waals surface area (Å²) in [5.41, 5.74) is 2.87. The fourth-order valence-corrected chi connectivity index (χ4v) is 14.2. The Morgan fingerprint density at radius 1 is 0.434 bits per heavy atom. The molecule has 0 bridgehead atoms. The van der Waals surface area contributed by atoms with Gasteiger partial charge in [-0.25, -0.2) is 9.59 Å². The number of piperidine rings is 3. The number of aliphatic hydroxyl groups excluding tert-OH is 4. The van der Waals surface area contributed by atoms with Gasteiger partial charge in [0.15, 0.2) is 26.1 Å². The summed E-state index contributed by atoms with van der Waals surface area (Å²) in [6.45, 7) is 21.5. The summed E-state index contributed by atoms with van der Waals surface area (Å²) in [7, 11) is 9.28. The molecule has 0 spiro atoms. The number of aliphatic hydroxyl groups is 4. The summed E-state index contributed by atoms with van der Waals surface area (Å²) in [5.74, 6) is -0.622. The van der Waals surface area contributed by atoms with Crippen molar-refractivity contribution in [3.8, 4) is 46.0 Å². The first kappa shape index (κ1) is 108. The number of ether oxygens (including phenoxy) is 8. The number of phenolic OH excluding ortho intramolecular Hbond substituents is 1. The van der Waals surface area contributed by atoms with Crippen LogP contribution < -0.4 is 33.2 Å². The summed E-state index contributed by atoms with van der Waals surface area (Å²) in [6.07, 6.45) is 1.84. The first-order valence-corrected chi connectivity index (χ1v) is 42.5. The number of carboxylic acid groups (broad SMARTS) is 1. The molecule has 42 heteroatoms. The Morgan fingerprint density at radius 2 is 0.752 bits per heavy atom. The molecule has 0 radical (unpaired) electrons. The molecule has 700 valence electrons. The van der Waals surface area contributed by atoms with Gasteiger partial charge in [0.1, 0.15) is 75.4 Å². The number of carbonyl (C=O) groups is 8. The third kappa shape index (κ3) is 29.2. The topological polar surface area (TPSA) is 566 Å². The highest BCUT2D eigenvalue weighted by atomic mass is 28.4. The zero-order valence-electron chi connectivity index (χ0n) is 75.0. The maximum atomic E-state index is 13.4. The molecule has 3 heterocycles. The van der Waals surface area contributed by atoms with E-state index in [1.807, 2.05) is 13.0 Å².